The van der Waals surface area contributed by atoms with Crippen LogP contribution in [0.5, 0.6) is 0 Å². The third-order valence-electron chi connectivity index (χ3n) is 3.93. The fraction of sp³-hybridized carbons (Fsp3) is 0.562. The van der Waals surface area contributed by atoms with Crippen LogP contribution >= 0.6 is 0 Å². The van der Waals surface area contributed by atoms with Gasteiger partial charge in [0.1, 0.15) is 0 Å². The number of carbonyl (C=O) groups excluding carboxylic acids is 1. The summed E-state index contributed by atoms with van der Waals surface area (Å²) in [7, 11) is 0. The van der Waals surface area contributed by atoms with Crippen LogP contribution in [0.15, 0.2) is 30.3 Å². The Morgan fingerprint density at radius 1 is 1.32 bits per heavy atom. The first-order chi connectivity index (χ1) is 10.3. The van der Waals surface area contributed by atoms with Crippen LogP contribution < -0.4 is 5.32 Å². The smallest absolute Gasteiger partial charge is 0.352 e. The fourth-order valence-electron chi connectivity index (χ4n) is 2.80. The van der Waals surface area contributed by atoms with Crippen molar-refractivity contribution in [1.82, 2.24) is 10.2 Å². The van der Waals surface area contributed by atoms with Crippen LogP contribution in [0, 0.1) is 0 Å². The van der Waals surface area contributed by atoms with Gasteiger partial charge in [0.15, 0.2) is 0 Å². The number of alkyl halides is 3. The van der Waals surface area contributed by atoms with E-state index in [4.69, 9.17) is 0 Å². The number of likely N-dealkylation sites (tertiary alicyclic amines) is 1. The molecule has 6 heteroatoms. The predicted octanol–water partition coefficient (Wildman–Crippen LogP) is 3.11. The standard InChI is InChI=1S/C16H21F3N2O/c1-12-9-14(20-15(22)7-8-16(17,18)19)11-21(12)10-13-5-3-2-4-6-13/h2-6,12,14H,7-11H2,1H3,(H,20,22)/t12-,14+/m1/s1. The number of amides is 1. The van der Waals surface area contributed by atoms with E-state index in [1.807, 2.05) is 30.3 Å². The summed E-state index contributed by atoms with van der Waals surface area (Å²) in [6.07, 6.45) is -5.06. The van der Waals surface area contributed by atoms with Gasteiger partial charge in [-0.2, -0.15) is 13.2 Å². The molecule has 0 saturated carbocycles. The maximum absolute atomic E-state index is 12.1. The number of rotatable bonds is 5. The van der Waals surface area contributed by atoms with Crippen molar-refractivity contribution in [3.05, 3.63) is 35.9 Å². The Balaban J connectivity index is 1.79. The summed E-state index contributed by atoms with van der Waals surface area (Å²) >= 11 is 0. The minimum atomic E-state index is -4.28. The lowest BCUT2D eigenvalue weighted by Crippen LogP contribution is -2.37. The van der Waals surface area contributed by atoms with Gasteiger partial charge in [0.2, 0.25) is 5.91 Å². The van der Waals surface area contributed by atoms with E-state index in [1.165, 1.54) is 5.56 Å². The van der Waals surface area contributed by atoms with Gasteiger partial charge < -0.3 is 5.32 Å². The Kier molecular flexibility index (Phi) is 5.45. The van der Waals surface area contributed by atoms with Gasteiger partial charge >= 0.3 is 6.18 Å². The molecule has 1 amide bonds. The molecule has 1 saturated heterocycles. The van der Waals surface area contributed by atoms with Crippen molar-refractivity contribution in [2.75, 3.05) is 6.54 Å². The average molecular weight is 314 g/mol. The van der Waals surface area contributed by atoms with Crippen LogP contribution in [0.3, 0.4) is 0 Å². The van der Waals surface area contributed by atoms with Crippen molar-refractivity contribution in [2.24, 2.45) is 0 Å². The first kappa shape index (κ1) is 16.8. The highest BCUT2D eigenvalue weighted by Gasteiger charge is 2.31. The summed E-state index contributed by atoms with van der Waals surface area (Å²) in [5.74, 6) is -0.518. The first-order valence-electron chi connectivity index (χ1n) is 7.47. The molecule has 1 N–H and O–H groups in total. The summed E-state index contributed by atoms with van der Waals surface area (Å²) in [6, 6.07) is 10.2. The largest absolute Gasteiger partial charge is 0.389 e. The second-order valence-electron chi connectivity index (χ2n) is 5.88. The Hall–Kier alpha value is -1.56. The Labute approximate surface area is 128 Å². The van der Waals surface area contributed by atoms with Gasteiger partial charge in [0.05, 0.1) is 6.42 Å². The number of hydrogen-bond acceptors (Lipinski definition) is 2. The molecule has 1 aliphatic heterocycles. The molecule has 0 radical (unpaired) electrons. The lowest BCUT2D eigenvalue weighted by molar-refractivity contribution is -0.144. The number of carbonyl (C=O) groups is 1. The third-order valence-corrected chi connectivity index (χ3v) is 3.93. The Morgan fingerprint density at radius 2 is 2.00 bits per heavy atom. The van der Waals surface area contributed by atoms with Crippen molar-refractivity contribution in [2.45, 2.75) is 51.0 Å². The van der Waals surface area contributed by atoms with E-state index < -0.39 is 24.9 Å². The lowest BCUT2D eigenvalue weighted by atomic mass is 10.1. The number of halogens is 3. The number of nitrogens with zero attached hydrogens (tertiary/aromatic N) is 1. The molecule has 1 aliphatic rings. The SMILES string of the molecule is C[C@@H]1C[C@H](NC(=O)CCC(F)(F)F)CN1Cc1ccccc1. The van der Waals surface area contributed by atoms with E-state index in [9.17, 15) is 18.0 Å². The van der Waals surface area contributed by atoms with E-state index in [1.54, 1.807) is 0 Å². The van der Waals surface area contributed by atoms with Gasteiger partial charge in [-0.1, -0.05) is 30.3 Å². The first-order valence-corrected chi connectivity index (χ1v) is 7.47. The molecule has 2 rings (SSSR count). The molecular weight excluding hydrogens is 293 g/mol. The summed E-state index contributed by atoms with van der Waals surface area (Å²) in [4.78, 5) is 13.8. The Bertz CT molecular complexity index is 490. The zero-order chi connectivity index (χ0) is 16.2. The molecule has 22 heavy (non-hydrogen) atoms. The van der Waals surface area contributed by atoms with Gasteiger partial charge in [0, 0.05) is 31.6 Å². The molecule has 0 aromatic heterocycles. The minimum absolute atomic E-state index is 0.0700. The monoisotopic (exact) mass is 314 g/mol. The third kappa shape index (κ3) is 5.33. The van der Waals surface area contributed by atoms with Gasteiger partial charge in [-0.15, -0.1) is 0 Å². The van der Waals surface area contributed by atoms with Crippen LogP contribution in [0.4, 0.5) is 13.2 Å². The van der Waals surface area contributed by atoms with E-state index in [0.29, 0.717) is 12.6 Å². The van der Waals surface area contributed by atoms with Crippen molar-refractivity contribution >= 4 is 5.91 Å². The summed E-state index contributed by atoms with van der Waals surface area (Å²) in [6.45, 7) is 3.54. The molecule has 1 aromatic rings. The van der Waals surface area contributed by atoms with Gasteiger partial charge in [-0.25, -0.2) is 0 Å². The second kappa shape index (κ2) is 7.13. The maximum Gasteiger partial charge on any atom is 0.389 e. The molecule has 0 bridgehead atoms. The van der Waals surface area contributed by atoms with Crippen molar-refractivity contribution in [3.8, 4) is 0 Å². The number of hydrogen-bond donors (Lipinski definition) is 1. The molecule has 0 unspecified atom stereocenters. The normalized spacial score (nSPS) is 22.7. The van der Waals surface area contributed by atoms with Gasteiger partial charge in [-0.05, 0) is 18.9 Å². The maximum atomic E-state index is 12.1. The number of nitrogens with one attached hydrogen (secondary N) is 1. The Morgan fingerprint density at radius 3 is 2.64 bits per heavy atom. The highest BCUT2D eigenvalue weighted by molar-refractivity contribution is 5.76. The predicted molar refractivity (Wildman–Crippen MR) is 78.2 cm³/mol. The van der Waals surface area contributed by atoms with Crippen LogP contribution in [-0.2, 0) is 11.3 Å². The van der Waals surface area contributed by atoms with Crippen LogP contribution in [0.25, 0.3) is 0 Å². The van der Waals surface area contributed by atoms with Crippen LogP contribution in [-0.4, -0.2) is 35.6 Å². The van der Waals surface area contributed by atoms with Crippen molar-refractivity contribution in [1.29, 1.82) is 0 Å². The minimum Gasteiger partial charge on any atom is -0.352 e. The molecule has 0 aliphatic carbocycles. The molecule has 3 nitrogen and oxygen atoms in total. The molecular formula is C16H21F3N2O. The molecule has 1 aromatic carbocycles. The van der Waals surface area contributed by atoms with E-state index >= 15 is 0 Å². The second-order valence-corrected chi connectivity index (χ2v) is 5.88. The summed E-state index contributed by atoms with van der Waals surface area (Å²) in [5.41, 5.74) is 1.19. The zero-order valence-electron chi connectivity index (χ0n) is 12.6. The average Bonchev–Trinajstić information content (AvgIpc) is 2.77. The highest BCUT2D eigenvalue weighted by atomic mass is 19.4. The lowest BCUT2D eigenvalue weighted by Gasteiger charge is -2.20. The summed E-state index contributed by atoms with van der Waals surface area (Å²) in [5, 5.41) is 2.72. The number of benzene rings is 1. The van der Waals surface area contributed by atoms with Gasteiger partial charge in [0.25, 0.3) is 0 Å². The topological polar surface area (TPSA) is 32.3 Å². The highest BCUT2D eigenvalue weighted by Crippen LogP contribution is 2.22. The van der Waals surface area contributed by atoms with Crippen molar-refractivity contribution < 1.29 is 18.0 Å². The van der Waals surface area contributed by atoms with Crippen LogP contribution in [0.1, 0.15) is 31.7 Å². The molecule has 122 valence electrons. The molecule has 1 fully saturated rings. The fourth-order valence-corrected chi connectivity index (χ4v) is 2.80. The molecule has 1 heterocycles. The van der Waals surface area contributed by atoms with Crippen molar-refractivity contribution in [3.63, 3.8) is 0 Å². The zero-order valence-corrected chi connectivity index (χ0v) is 12.6. The molecule has 2 atom stereocenters. The van der Waals surface area contributed by atoms with E-state index in [-0.39, 0.29) is 6.04 Å². The summed E-state index contributed by atoms with van der Waals surface area (Å²) < 4.78 is 36.3. The van der Waals surface area contributed by atoms with E-state index in [2.05, 4.69) is 17.1 Å². The molecule has 0 spiro atoms. The van der Waals surface area contributed by atoms with E-state index in [0.717, 1.165) is 13.0 Å². The van der Waals surface area contributed by atoms with Crippen LogP contribution in [0.2, 0.25) is 0 Å². The quantitative estimate of drug-likeness (QED) is 0.906. The van der Waals surface area contributed by atoms with Gasteiger partial charge in [-0.3, -0.25) is 9.69 Å².